The summed E-state index contributed by atoms with van der Waals surface area (Å²) >= 11 is 0. The first kappa shape index (κ1) is 20.9. The van der Waals surface area contributed by atoms with Crippen LogP contribution in [0.3, 0.4) is 0 Å². The Morgan fingerprint density at radius 2 is 1.86 bits per heavy atom. The molecule has 1 fully saturated rings. The van der Waals surface area contributed by atoms with Crippen LogP contribution in [-0.2, 0) is 9.47 Å². The van der Waals surface area contributed by atoms with Crippen LogP contribution in [0.1, 0.15) is 34.6 Å². The number of nitrogens with zero attached hydrogens (tertiary/aromatic N) is 2. The highest BCUT2D eigenvalue weighted by Gasteiger charge is 2.53. The highest BCUT2D eigenvalue weighted by Crippen LogP contribution is 2.46. The predicted molar refractivity (Wildman–Crippen MR) is 98.7 cm³/mol. The van der Waals surface area contributed by atoms with Crippen LogP contribution in [0.2, 0.25) is 0 Å². The third-order valence-electron chi connectivity index (χ3n) is 4.40. The molecule has 0 radical (unpaired) electrons. The number of rotatable bonds is 7. The molecular formula is C15H32IN3O2. The number of likely N-dealkylation sites (tertiary alicyclic amines) is 1. The van der Waals surface area contributed by atoms with E-state index >= 15 is 0 Å². The minimum atomic E-state index is 0. The molecule has 1 heterocycles. The predicted octanol–water partition coefficient (Wildman–Crippen LogP) is 2.35. The van der Waals surface area contributed by atoms with Gasteiger partial charge in [-0.1, -0.05) is 13.8 Å². The van der Waals surface area contributed by atoms with Crippen LogP contribution in [0.4, 0.5) is 0 Å². The Balaban J connectivity index is 0.00000400. The van der Waals surface area contributed by atoms with Gasteiger partial charge in [-0.2, -0.15) is 0 Å². The molecule has 0 atom stereocenters. The van der Waals surface area contributed by atoms with E-state index in [1.807, 2.05) is 0 Å². The zero-order valence-corrected chi connectivity index (χ0v) is 16.7. The maximum Gasteiger partial charge on any atom is 0.194 e. The molecule has 1 N–H and O–H groups in total. The highest BCUT2D eigenvalue weighted by molar-refractivity contribution is 14.0. The fourth-order valence-electron chi connectivity index (χ4n) is 2.26. The molecule has 5 nitrogen and oxygen atoms in total. The summed E-state index contributed by atoms with van der Waals surface area (Å²) < 4.78 is 10.4. The lowest BCUT2D eigenvalue weighted by Crippen LogP contribution is -2.72. The molecule has 1 rings (SSSR count). The lowest BCUT2D eigenvalue weighted by atomic mass is 9.65. The number of guanidine groups is 1. The van der Waals surface area contributed by atoms with Crippen LogP contribution in [0.15, 0.2) is 4.99 Å². The first-order valence-corrected chi connectivity index (χ1v) is 7.49. The van der Waals surface area contributed by atoms with Gasteiger partial charge in [-0.25, -0.2) is 0 Å². The lowest BCUT2D eigenvalue weighted by Gasteiger charge is -2.62. The van der Waals surface area contributed by atoms with Gasteiger partial charge in [0.15, 0.2) is 5.96 Å². The molecule has 0 saturated carbocycles. The quantitative estimate of drug-likeness (QED) is 0.301. The van der Waals surface area contributed by atoms with Crippen LogP contribution in [0.25, 0.3) is 0 Å². The van der Waals surface area contributed by atoms with E-state index in [0.29, 0.717) is 31.8 Å². The Bertz CT molecular complexity index is 333. The number of nitrogens with one attached hydrogen (secondary N) is 1. The standard InChI is InChI=1S/C15H31N3O2.HI/c1-7-16-13(17-8-9-20-11-10-19-6)18-12-14(2,3)15(18,4)5;/h7-12H2,1-6H3,(H,16,17);1H. The van der Waals surface area contributed by atoms with E-state index in [1.54, 1.807) is 7.11 Å². The Morgan fingerprint density at radius 1 is 1.19 bits per heavy atom. The van der Waals surface area contributed by atoms with Crippen molar-refractivity contribution in [2.75, 3.05) is 46.6 Å². The van der Waals surface area contributed by atoms with Crippen molar-refractivity contribution in [3.63, 3.8) is 0 Å². The Kier molecular flexibility index (Phi) is 9.11. The van der Waals surface area contributed by atoms with Crippen LogP contribution in [0.5, 0.6) is 0 Å². The van der Waals surface area contributed by atoms with Crippen molar-refractivity contribution in [3.8, 4) is 0 Å². The average Bonchev–Trinajstić information content (AvgIpc) is 2.39. The summed E-state index contributed by atoms with van der Waals surface area (Å²) in [5, 5.41) is 3.38. The third kappa shape index (κ3) is 5.25. The Hall–Kier alpha value is -0.0800. The van der Waals surface area contributed by atoms with Crippen LogP contribution < -0.4 is 5.32 Å². The van der Waals surface area contributed by atoms with E-state index in [1.165, 1.54) is 0 Å². The maximum absolute atomic E-state index is 5.45. The minimum absolute atomic E-state index is 0. The minimum Gasteiger partial charge on any atom is -0.382 e. The molecule has 0 unspecified atom stereocenters. The molecule has 1 saturated heterocycles. The van der Waals surface area contributed by atoms with E-state index in [9.17, 15) is 0 Å². The van der Waals surface area contributed by atoms with Crippen LogP contribution in [0, 0.1) is 5.41 Å². The van der Waals surface area contributed by atoms with Gasteiger partial charge in [-0.05, 0) is 20.8 Å². The SMILES string of the molecule is CCNC(=NCCOCCOC)N1CC(C)(C)C1(C)C.I. The van der Waals surface area contributed by atoms with Gasteiger partial charge in [-0.3, -0.25) is 4.99 Å². The highest BCUT2D eigenvalue weighted by atomic mass is 127. The summed E-state index contributed by atoms with van der Waals surface area (Å²) in [6.07, 6.45) is 0. The molecule has 1 aliphatic heterocycles. The van der Waals surface area contributed by atoms with Gasteiger partial charge in [0.2, 0.25) is 0 Å². The molecule has 0 aromatic carbocycles. The first-order valence-electron chi connectivity index (χ1n) is 7.49. The second-order valence-electron chi connectivity index (χ2n) is 6.37. The summed E-state index contributed by atoms with van der Waals surface area (Å²) in [4.78, 5) is 7.01. The van der Waals surface area contributed by atoms with Crippen molar-refractivity contribution in [1.29, 1.82) is 0 Å². The molecule has 0 spiro atoms. The summed E-state index contributed by atoms with van der Waals surface area (Å²) in [6.45, 7) is 15.8. The monoisotopic (exact) mass is 413 g/mol. The summed E-state index contributed by atoms with van der Waals surface area (Å²) in [5.41, 5.74) is 0.447. The molecular weight excluding hydrogens is 381 g/mol. The van der Waals surface area contributed by atoms with E-state index in [2.05, 4.69) is 49.8 Å². The maximum atomic E-state index is 5.45. The van der Waals surface area contributed by atoms with Gasteiger partial charge in [0, 0.05) is 31.2 Å². The molecule has 6 heteroatoms. The molecule has 0 amide bonds. The number of aliphatic imine (C=N–C) groups is 1. The normalized spacial score (nSPS) is 19.7. The molecule has 0 aromatic rings. The molecule has 21 heavy (non-hydrogen) atoms. The summed E-state index contributed by atoms with van der Waals surface area (Å²) in [6, 6.07) is 0. The average molecular weight is 413 g/mol. The second-order valence-corrected chi connectivity index (χ2v) is 6.37. The van der Waals surface area contributed by atoms with Gasteiger partial charge in [0.1, 0.15) is 0 Å². The van der Waals surface area contributed by atoms with Crippen molar-refractivity contribution in [2.24, 2.45) is 10.4 Å². The summed E-state index contributed by atoms with van der Waals surface area (Å²) in [5.74, 6) is 0.993. The van der Waals surface area contributed by atoms with E-state index < -0.39 is 0 Å². The molecule has 1 aliphatic rings. The number of hydrogen-bond donors (Lipinski definition) is 1. The fraction of sp³-hybridized carbons (Fsp3) is 0.933. The zero-order valence-electron chi connectivity index (χ0n) is 14.4. The van der Waals surface area contributed by atoms with Gasteiger partial charge >= 0.3 is 0 Å². The van der Waals surface area contributed by atoms with Crippen molar-refractivity contribution in [3.05, 3.63) is 0 Å². The van der Waals surface area contributed by atoms with Crippen molar-refractivity contribution in [1.82, 2.24) is 10.2 Å². The van der Waals surface area contributed by atoms with Gasteiger partial charge < -0.3 is 19.7 Å². The smallest absolute Gasteiger partial charge is 0.194 e. The van der Waals surface area contributed by atoms with Crippen molar-refractivity contribution < 1.29 is 9.47 Å². The first-order chi connectivity index (χ1) is 9.36. The number of halogens is 1. The molecule has 126 valence electrons. The topological polar surface area (TPSA) is 46.1 Å². The van der Waals surface area contributed by atoms with Crippen molar-refractivity contribution in [2.45, 2.75) is 40.2 Å². The second kappa shape index (κ2) is 9.15. The Morgan fingerprint density at radius 3 is 2.33 bits per heavy atom. The van der Waals surface area contributed by atoms with Crippen LogP contribution in [-0.4, -0.2) is 63.0 Å². The zero-order chi connectivity index (χ0) is 15.2. The van der Waals surface area contributed by atoms with E-state index in [4.69, 9.17) is 9.47 Å². The Labute approximate surface area is 146 Å². The van der Waals surface area contributed by atoms with Gasteiger partial charge in [0.05, 0.1) is 26.4 Å². The number of methoxy groups -OCH3 is 1. The van der Waals surface area contributed by atoms with E-state index in [-0.39, 0.29) is 29.5 Å². The van der Waals surface area contributed by atoms with Crippen molar-refractivity contribution >= 4 is 29.9 Å². The third-order valence-corrected chi connectivity index (χ3v) is 4.40. The number of ether oxygens (including phenoxy) is 2. The number of hydrogen-bond acceptors (Lipinski definition) is 3. The van der Waals surface area contributed by atoms with Crippen LogP contribution >= 0.6 is 24.0 Å². The molecule has 0 aliphatic carbocycles. The summed E-state index contributed by atoms with van der Waals surface area (Å²) in [7, 11) is 1.68. The lowest BCUT2D eigenvalue weighted by molar-refractivity contribution is -0.0668. The van der Waals surface area contributed by atoms with Gasteiger partial charge in [-0.15, -0.1) is 24.0 Å². The fourth-order valence-corrected chi connectivity index (χ4v) is 2.26. The van der Waals surface area contributed by atoms with Gasteiger partial charge in [0.25, 0.3) is 0 Å². The largest absolute Gasteiger partial charge is 0.382 e. The molecule has 0 aromatic heterocycles. The molecule has 0 bridgehead atoms. The van der Waals surface area contributed by atoms with E-state index in [0.717, 1.165) is 19.0 Å².